The quantitative estimate of drug-likeness (QED) is 0.155. The van der Waals surface area contributed by atoms with Crippen molar-refractivity contribution in [3.05, 3.63) is 47.8 Å². The number of nitrogens with zero attached hydrogens (tertiary/aromatic N) is 3. The van der Waals surface area contributed by atoms with E-state index in [0.29, 0.717) is 24.7 Å². The van der Waals surface area contributed by atoms with Gasteiger partial charge in [0, 0.05) is 35.6 Å². The molecule has 7 nitrogen and oxygen atoms in total. The largest absolute Gasteiger partial charge is 0.598 e. The van der Waals surface area contributed by atoms with Gasteiger partial charge in [-0.15, -0.1) is 16.5 Å². The number of esters is 1. The number of benzene rings is 1. The molecular formula is C32H48N4O3S2. The van der Waals surface area contributed by atoms with Gasteiger partial charge in [-0.1, -0.05) is 57.4 Å². The first-order valence-corrected chi connectivity index (χ1v) is 17.4. The monoisotopic (exact) mass is 600 g/mol. The fourth-order valence-electron chi connectivity index (χ4n) is 5.87. The van der Waals surface area contributed by atoms with E-state index in [-0.39, 0.29) is 22.2 Å². The summed E-state index contributed by atoms with van der Waals surface area (Å²) in [5, 5.41) is 0.824. The van der Waals surface area contributed by atoms with Gasteiger partial charge < -0.3 is 14.2 Å². The van der Waals surface area contributed by atoms with Crippen LogP contribution in [0.4, 0.5) is 5.82 Å². The van der Waals surface area contributed by atoms with E-state index in [9.17, 15) is 9.35 Å². The summed E-state index contributed by atoms with van der Waals surface area (Å²) >= 11 is 0.405. The minimum atomic E-state index is -1.14. The van der Waals surface area contributed by atoms with Gasteiger partial charge in [-0.2, -0.15) is 0 Å². The van der Waals surface area contributed by atoms with Crippen LogP contribution in [0.1, 0.15) is 96.7 Å². The van der Waals surface area contributed by atoms with Gasteiger partial charge >= 0.3 is 5.97 Å². The third-order valence-corrected chi connectivity index (χ3v) is 11.1. The number of aromatic nitrogens is 2. The number of unbranched alkanes of at least 4 members (excludes halogenated alkanes) is 1. The number of anilines is 1. The summed E-state index contributed by atoms with van der Waals surface area (Å²) in [7, 11) is 0. The highest BCUT2D eigenvalue weighted by atomic mass is 32.2. The Morgan fingerprint density at radius 2 is 1.98 bits per heavy atom. The van der Waals surface area contributed by atoms with Gasteiger partial charge in [-0.3, -0.25) is 4.79 Å². The van der Waals surface area contributed by atoms with Gasteiger partial charge in [0.25, 0.3) is 0 Å². The van der Waals surface area contributed by atoms with Crippen molar-refractivity contribution < 1.29 is 14.1 Å². The van der Waals surface area contributed by atoms with Crippen molar-refractivity contribution >= 4 is 34.9 Å². The van der Waals surface area contributed by atoms with E-state index in [1.165, 1.54) is 24.0 Å². The van der Waals surface area contributed by atoms with E-state index in [1.54, 1.807) is 11.8 Å². The number of ether oxygens (including phenoxy) is 1. The summed E-state index contributed by atoms with van der Waals surface area (Å²) in [6.07, 6.45) is 11.6. The van der Waals surface area contributed by atoms with Crippen LogP contribution in [0.25, 0.3) is 0 Å². The Morgan fingerprint density at radius 3 is 2.63 bits per heavy atom. The lowest BCUT2D eigenvalue weighted by Crippen LogP contribution is -2.49. The van der Waals surface area contributed by atoms with Gasteiger partial charge in [-0.05, 0) is 63.5 Å². The van der Waals surface area contributed by atoms with Crippen molar-refractivity contribution in [3.8, 4) is 0 Å². The van der Waals surface area contributed by atoms with Crippen LogP contribution < -0.4 is 9.62 Å². The lowest BCUT2D eigenvalue weighted by Gasteiger charge is -2.44. The number of carbonyl (C=O) groups excluding carboxylic acids is 1. The Balaban J connectivity index is 1.27. The molecule has 4 rings (SSSR count). The maximum absolute atomic E-state index is 13.1. The van der Waals surface area contributed by atoms with Crippen LogP contribution in [0.3, 0.4) is 0 Å². The highest BCUT2D eigenvalue weighted by Gasteiger charge is 2.50. The summed E-state index contributed by atoms with van der Waals surface area (Å²) in [6.45, 7) is 12.7. The van der Waals surface area contributed by atoms with Gasteiger partial charge in [0.15, 0.2) is 0 Å². The predicted molar refractivity (Wildman–Crippen MR) is 169 cm³/mol. The molecule has 0 bridgehead atoms. The highest BCUT2D eigenvalue weighted by Crippen LogP contribution is 2.52. The maximum atomic E-state index is 13.1. The normalized spacial score (nSPS) is 19.7. The number of fused-ring (bicyclic) bond motifs is 1. The molecule has 1 aliphatic heterocycles. The van der Waals surface area contributed by atoms with E-state index in [4.69, 9.17) is 9.72 Å². The van der Waals surface area contributed by atoms with E-state index in [1.807, 2.05) is 33.2 Å². The number of rotatable bonds is 13. The third-order valence-electron chi connectivity index (χ3n) is 8.58. The fraction of sp³-hybridized carbons (Fsp3) is 0.656. The lowest BCUT2D eigenvalue weighted by atomic mass is 9.73. The Labute approximate surface area is 254 Å². The summed E-state index contributed by atoms with van der Waals surface area (Å²) in [5.74, 6) is 1.86. The molecule has 2 aromatic rings. The number of carbonyl (C=O) groups is 1. The average molecular weight is 601 g/mol. The number of nitrogens with one attached hydrogen (secondary N) is 1. The fourth-order valence-corrected chi connectivity index (χ4v) is 7.55. The molecule has 0 amide bonds. The SMILES string of the molecule is CCCCC(CC)COC(=O)CCSc1cnc(N2CCC3(CC2)Cc2ccccc2[C@H]3N[S@+]([O-])C(C)(C)C)cn1. The Bertz CT molecular complexity index is 1120. The van der Waals surface area contributed by atoms with Gasteiger partial charge in [0.05, 0.1) is 31.5 Å². The van der Waals surface area contributed by atoms with Crippen LogP contribution in [-0.2, 0) is 27.3 Å². The average Bonchev–Trinajstić information content (AvgIpc) is 3.25. The van der Waals surface area contributed by atoms with Crippen molar-refractivity contribution in [2.45, 2.75) is 102 Å². The second-order valence-electron chi connectivity index (χ2n) is 12.6. The van der Waals surface area contributed by atoms with Crippen LogP contribution in [0.15, 0.2) is 41.7 Å². The van der Waals surface area contributed by atoms with E-state index in [2.05, 4.69) is 52.7 Å². The molecule has 1 saturated heterocycles. The van der Waals surface area contributed by atoms with Crippen LogP contribution in [0.5, 0.6) is 0 Å². The molecule has 41 heavy (non-hydrogen) atoms. The summed E-state index contributed by atoms with van der Waals surface area (Å²) in [6, 6.07) is 8.71. The zero-order chi connectivity index (χ0) is 29.5. The second-order valence-corrected chi connectivity index (χ2v) is 15.7. The van der Waals surface area contributed by atoms with Crippen molar-refractivity contribution in [1.29, 1.82) is 0 Å². The molecule has 2 aliphatic rings. The zero-order valence-corrected chi connectivity index (χ0v) is 27.1. The van der Waals surface area contributed by atoms with Crippen LogP contribution >= 0.6 is 11.8 Å². The number of piperidine rings is 1. The second kappa shape index (κ2) is 14.6. The van der Waals surface area contributed by atoms with Crippen molar-refractivity contribution in [1.82, 2.24) is 14.7 Å². The van der Waals surface area contributed by atoms with Gasteiger partial charge in [0.2, 0.25) is 0 Å². The zero-order valence-electron chi connectivity index (χ0n) is 25.5. The molecular weight excluding hydrogens is 553 g/mol. The molecule has 0 saturated carbocycles. The molecule has 9 heteroatoms. The maximum Gasteiger partial charge on any atom is 0.306 e. The first-order chi connectivity index (χ1) is 19.6. The molecule has 0 radical (unpaired) electrons. The van der Waals surface area contributed by atoms with E-state index in [0.717, 1.165) is 56.0 Å². The molecule has 1 aromatic heterocycles. The summed E-state index contributed by atoms with van der Waals surface area (Å²) < 4.78 is 21.9. The van der Waals surface area contributed by atoms with E-state index < -0.39 is 11.4 Å². The van der Waals surface area contributed by atoms with Gasteiger partial charge in [-0.25, -0.2) is 9.97 Å². The minimum Gasteiger partial charge on any atom is -0.598 e. The molecule has 1 fully saturated rings. The molecule has 3 atom stereocenters. The van der Waals surface area contributed by atoms with Crippen LogP contribution in [0, 0.1) is 11.3 Å². The molecule has 1 spiro atoms. The lowest BCUT2D eigenvalue weighted by molar-refractivity contribution is -0.144. The summed E-state index contributed by atoms with van der Waals surface area (Å²) in [5.41, 5.74) is 2.72. The number of thioether (sulfide) groups is 1. The van der Waals surface area contributed by atoms with Gasteiger partial charge in [0.1, 0.15) is 15.6 Å². The summed E-state index contributed by atoms with van der Waals surface area (Å²) in [4.78, 5) is 23.9. The number of hydrogen-bond donors (Lipinski definition) is 1. The molecule has 1 unspecified atom stereocenters. The van der Waals surface area contributed by atoms with Crippen LogP contribution in [-0.4, -0.2) is 50.7 Å². The Hall–Kier alpha value is -1.81. The Morgan fingerprint density at radius 1 is 1.22 bits per heavy atom. The minimum absolute atomic E-state index is 0.0477. The standard InChI is InChI=1S/C32H48N4O3S2/c1-6-8-11-24(7-2)23-39-29(37)14-19-40-28-22-33-27(21-34-28)36-17-15-32(16-18-36)20-25-12-9-10-13-26(25)30(32)35-41(38)31(3,4)5/h9-10,12-13,21-22,24,30,35H,6-8,11,14-20,23H2,1-5H3/t24?,30-,41-/m1/s1. The van der Waals surface area contributed by atoms with Crippen molar-refractivity contribution in [2.24, 2.45) is 11.3 Å². The molecule has 226 valence electrons. The topological polar surface area (TPSA) is 90.4 Å². The number of hydrogen-bond acceptors (Lipinski definition) is 8. The first kappa shape index (κ1) is 32.1. The Kier molecular flexibility index (Phi) is 11.4. The predicted octanol–water partition coefficient (Wildman–Crippen LogP) is 6.65. The molecule has 1 aliphatic carbocycles. The van der Waals surface area contributed by atoms with Crippen LogP contribution in [0.2, 0.25) is 0 Å². The highest BCUT2D eigenvalue weighted by molar-refractivity contribution is 7.99. The van der Waals surface area contributed by atoms with Crippen molar-refractivity contribution in [3.63, 3.8) is 0 Å². The molecule has 1 aromatic carbocycles. The molecule has 2 heterocycles. The van der Waals surface area contributed by atoms with Crippen molar-refractivity contribution in [2.75, 3.05) is 30.3 Å². The van der Waals surface area contributed by atoms with E-state index >= 15 is 0 Å². The smallest absolute Gasteiger partial charge is 0.306 e. The third kappa shape index (κ3) is 8.39. The first-order valence-electron chi connectivity index (χ1n) is 15.3. The molecule has 1 N–H and O–H groups in total.